The standard InChI is InChI=1S/C3H6N4/c1-2-7-5-3-4-6-7/h3H,2H2,1H3. The van der Waals surface area contributed by atoms with Crippen molar-refractivity contribution < 1.29 is 0 Å². The van der Waals surface area contributed by atoms with Crippen LogP contribution < -0.4 is 0 Å². The number of nitrogens with zero attached hydrogens (tertiary/aromatic N) is 4. The summed E-state index contributed by atoms with van der Waals surface area (Å²) in [7, 11) is 0. The molecule has 0 N–H and O–H groups in total. The monoisotopic (exact) mass is 98.1 g/mol. The van der Waals surface area contributed by atoms with Crippen LogP contribution in [0.5, 0.6) is 0 Å². The third kappa shape index (κ3) is 0.734. The zero-order chi connectivity index (χ0) is 5.11. The number of rotatable bonds is 1. The van der Waals surface area contributed by atoms with E-state index in [4.69, 9.17) is 0 Å². The predicted octanol–water partition coefficient (Wildman–Crippen LogP) is -0.307. The van der Waals surface area contributed by atoms with Gasteiger partial charge in [0, 0.05) is 0 Å². The van der Waals surface area contributed by atoms with Gasteiger partial charge in [0.05, 0.1) is 6.54 Å². The van der Waals surface area contributed by atoms with Gasteiger partial charge >= 0.3 is 0 Å². The molecule has 0 bridgehead atoms. The lowest BCUT2D eigenvalue weighted by atomic mass is 10.8. The number of hydrogen-bond acceptors (Lipinski definition) is 3. The Morgan fingerprint density at radius 3 is 2.86 bits per heavy atom. The van der Waals surface area contributed by atoms with E-state index in [0.717, 1.165) is 6.54 Å². The smallest absolute Gasteiger partial charge is 0.162 e. The van der Waals surface area contributed by atoms with Gasteiger partial charge in [0.1, 0.15) is 0 Å². The highest BCUT2D eigenvalue weighted by molar-refractivity contribution is 4.34. The predicted molar refractivity (Wildman–Crippen MR) is 23.5 cm³/mol. The third-order valence-electron chi connectivity index (χ3n) is 0.674. The first-order valence-electron chi connectivity index (χ1n) is 2.14. The zero-order valence-corrected chi connectivity index (χ0v) is 4.07. The van der Waals surface area contributed by atoms with E-state index in [1.807, 2.05) is 6.92 Å². The van der Waals surface area contributed by atoms with Crippen LogP contribution in [0.25, 0.3) is 0 Å². The van der Waals surface area contributed by atoms with Gasteiger partial charge in [-0.3, -0.25) is 0 Å². The second kappa shape index (κ2) is 1.68. The van der Waals surface area contributed by atoms with Crippen molar-refractivity contribution in [2.24, 2.45) is 0 Å². The molecule has 7 heavy (non-hydrogen) atoms. The van der Waals surface area contributed by atoms with Gasteiger partial charge in [0.2, 0.25) is 0 Å². The Morgan fingerprint density at radius 2 is 2.57 bits per heavy atom. The molecule has 0 aliphatic heterocycles. The van der Waals surface area contributed by atoms with Crippen molar-refractivity contribution in [3.05, 3.63) is 6.33 Å². The maximum Gasteiger partial charge on any atom is 0.162 e. The molecule has 0 spiro atoms. The topological polar surface area (TPSA) is 43.6 Å². The summed E-state index contributed by atoms with van der Waals surface area (Å²) in [6, 6.07) is 0. The van der Waals surface area contributed by atoms with Gasteiger partial charge in [-0.15, -0.1) is 10.2 Å². The molecule has 0 fully saturated rings. The molecule has 4 heteroatoms. The Kier molecular flexibility index (Phi) is 1.02. The van der Waals surface area contributed by atoms with Crippen LogP contribution in [-0.4, -0.2) is 20.2 Å². The van der Waals surface area contributed by atoms with E-state index < -0.39 is 0 Å². The minimum atomic E-state index is 0.792. The summed E-state index contributed by atoms with van der Waals surface area (Å²) in [6.07, 6.45) is 1.42. The number of tetrazole rings is 1. The third-order valence-corrected chi connectivity index (χ3v) is 0.674. The summed E-state index contributed by atoms with van der Waals surface area (Å²) < 4.78 is 0. The zero-order valence-electron chi connectivity index (χ0n) is 4.07. The Hall–Kier alpha value is -0.930. The molecule has 0 atom stereocenters. The largest absolute Gasteiger partial charge is 0.165 e. The molecule has 1 aromatic heterocycles. The van der Waals surface area contributed by atoms with Gasteiger partial charge in [-0.25, -0.2) is 0 Å². The van der Waals surface area contributed by atoms with Crippen LogP contribution in [0.15, 0.2) is 6.33 Å². The van der Waals surface area contributed by atoms with E-state index in [9.17, 15) is 0 Å². The molecule has 0 radical (unpaired) electrons. The van der Waals surface area contributed by atoms with E-state index in [0.29, 0.717) is 0 Å². The average Bonchev–Trinajstić information content (AvgIpc) is 2.14. The van der Waals surface area contributed by atoms with E-state index in [1.165, 1.54) is 11.1 Å². The fraction of sp³-hybridized carbons (Fsp3) is 0.667. The van der Waals surface area contributed by atoms with Crippen LogP contribution in [0.3, 0.4) is 0 Å². The Labute approximate surface area is 41.1 Å². The normalized spacial score (nSPS) is 9.29. The molecule has 0 saturated heterocycles. The lowest BCUT2D eigenvalue weighted by Gasteiger charge is -1.82. The van der Waals surface area contributed by atoms with Crippen molar-refractivity contribution in [3.63, 3.8) is 0 Å². The summed E-state index contributed by atoms with van der Waals surface area (Å²) in [5.74, 6) is 0. The van der Waals surface area contributed by atoms with Gasteiger partial charge in [-0.2, -0.15) is 4.80 Å². The highest BCUT2D eigenvalue weighted by Gasteiger charge is 1.80. The molecule has 1 aromatic rings. The molecule has 0 aromatic carbocycles. The molecule has 0 unspecified atom stereocenters. The number of aryl methyl sites for hydroxylation is 1. The maximum atomic E-state index is 3.73. The highest BCUT2D eigenvalue weighted by atomic mass is 15.6. The fourth-order valence-electron chi connectivity index (χ4n) is 0.333. The summed E-state index contributed by atoms with van der Waals surface area (Å²) in [4.78, 5) is 1.51. The van der Waals surface area contributed by atoms with Crippen LogP contribution in [0.2, 0.25) is 0 Å². The van der Waals surface area contributed by atoms with Crippen molar-refractivity contribution in [1.29, 1.82) is 0 Å². The summed E-state index contributed by atoms with van der Waals surface area (Å²) in [5.41, 5.74) is 0. The summed E-state index contributed by atoms with van der Waals surface area (Å²) in [6.45, 7) is 2.75. The quantitative estimate of drug-likeness (QED) is 0.484. The first-order chi connectivity index (χ1) is 3.43. The maximum absolute atomic E-state index is 3.73. The molecule has 0 aliphatic rings. The molecule has 4 nitrogen and oxygen atoms in total. The van der Waals surface area contributed by atoms with Gasteiger partial charge < -0.3 is 0 Å². The minimum absolute atomic E-state index is 0.792. The van der Waals surface area contributed by atoms with Crippen LogP contribution >= 0.6 is 0 Å². The second-order valence-corrected chi connectivity index (χ2v) is 1.12. The van der Waals surface area contributed by atoms with E-state index in [1.54, 1.807) is 0 Å². The average molecular weight is 98.1 g/mol. The van der Waals surface area contributed by atoms with Crippen LogP contribution in [0.4, 0.5) is 0 Å². The van der Waals surface area contributed by atoms with Crippen LogP contribution in [0.1, 0.15) is 6.92 Å². The molecule has 0 amide bonds. The first-order valence-corrected chi connectivity index (χ1v) is 2.14. The summed E-state index contributed by atoms with van der Waals surface area (Å²) >= 11 is 0. The lowest BCUT2D eigenvalue weighted by Crippen LogP contribution is -1.97. The SMILES string of the molecule is CCn1ncnn1. The van der Waals surface area contributed by atoms with Crippen molar-refractivity contribution in [2.45, 2.75) is 13.5 Å². The first kappa shape index (κ1) is 4.23. The van der Waals surface area contributed by atoms with Gasteiger partial charge in [0.25, 0.3) is 0 Å². The highest BCUT2D eigenvalue weighted by Crippen LogP contribution is 1.67. The van der Waals surface area contributed by atoms with Crippen molar-refractivity contribution in [1.82, 2.24) is 20.2 Å². The van der Waals surface area contributed by atoms with Crippen LogP contribution in [0, 0.1) is 0 Å². The van der Waals surface area contributed by atoms with E-state index >= 15 is 0 Å². The summed E-state index contributed by atoms with van der Waals surface area (Å²) in [5, 5.41) is 10.8. The second-order valence-electron chi connectivity index (χ2n) is 1.12. The van der Waals surface area contributed by atoms with Gasteiger partial charge in [0.15, 0.2) is 6.33 Å². The van der Waals surface area contributed by atoms with Crippen molar-refractivity contribution in [2.75, 3.05) is 0 Å². The fourth-order valence-corrected chi connectivity index (χ4v) is 0.333. The van der Waals surface area contributed by atoms with Gasteiger partial charge in [-0.1, -0.05) is 0 Å². The van der Waals surface area contributed by atoms with E-state index in [2.05, 4.69) is 15.4 Å². The molecule has 1 rings (SSSR count). The molecule has 38 valence electrons. The molecular formula is C3H6N4. The molecule has 0 aliphatic carbocycles. The molecule has 0 saturated carbocycles. The molecular weight excluding hydrogens is 92.1 g/mol. The van der Waals surface area contributed by atoms with Crippen molar-refractivity contribution in [3.8, 4) is 0 Å². The number of aromatic nitrogens is 4. The molecule has 1 heterocycles. The Balaban J connectivity index is 2.76. The Morgan fingerprint density at radius 1 is 1.71 bits per heavy atom. The van der Waals surface area contributed by atoms with Gasteiger partial charge in [-0.05, 0) is 12.1 Å². The number of hydrogen-bond donors (Lipinski definition) is 0. The van der Waals surface area contributed by atoms with Crippen molar-refractivity contribution >= 4 is 0 Å². The Bertz CT molecular complexity index is 121. The van der Waals surface area contributed by atoms with Crippen LogP contribution in [-0.2, 0) is 6.54 Å². The van der Waals surface area contributed by atoms with E-state index in [-0.39, 0.29) is 0 Å². The lowest BCUT2D eigenvalue weighted by molar-refractivity contribution is 0.552. The minimum Gasteiger partial charge on any atom is -0.165 e.